The number of aryl methyl sites for hydroxylation is 1. The number of piperazine rings is 1. The summed E-state index contributed by atoms with van der Waals surface area (Å²) >= 11 is 0. The van der Waals surface area contributed by atoms with Crippen LogP contribution in [0.3, 0.4) is 0 Å². The van der Waals surface area contributed by atoms with Crippen molar-refractivity contribution in [3.8, 4) is 0 Å². The van der Waals surface area contributed by atoms with Crippen molar-refractivity contribution in [2.45, 2.75) is 44.3 Å². The van der Waals surface area contributed by atoms with Crippen LogP contribution in [-0.2, 0) is 16.6 Å². The lowest BCUT2D eigenvalue weighted by Gasteiger charge is -2.41. The van der Waals surface area contributed by atoms with Crippen molar-refractivity contribution in [1.29, 1.82) is 0 Å². The van der Waals surface area contributed by atoms with Gasteiger partial charge in [-0.05, 0) is 27.8 Å². The summed E-state index contributed by atoms with van der Waals surface area (Å²) in [4.78, 5) is 2.43. The van der Waals surface area contributed by atoms with Gasteiger partial charge in [0.15, 0.2) is 0 Å². The molecule has 1 fully saturated rings. The molecule has 1 aliphatic rings. The molecule has 1 aromatic rings. The first-order chi connectivity index (χ1) is 9.27. The number of likely N-dealkylation sites (N-methyl/N-ethyl adjacent to an activating group) is 1. The van der Waals surface area contributed by atoms with Crippen molar-refractivity contribution in [2.24, 2.45) is 5.73 Å². The molecule has 2 N–H and O–H groups in total. The second-order valence-corrected chi connectivity index (χ2v) is 7.43. The van der Waals surface area contributed by atoms with E-state index >= 15 is 0 Å². The number of hydrogen-bond donors (Lipinski definition) is 1. The highest BCUT2D eigenvalue weighted by Gasteiger charge is 2.36. The van der Waals surface area contributed by atoms with Crippen molar-refractivity contribution in [3.63, 3.8) is 0 Å². The Balaban J connectivity index is 2.33. The van der Waals surface area contributed by atoms with Gasteiger partial charge in [0.05, 0.1) is 6.54 Å². The zero-order chi connectivity index (χ0) is 15.1. The largest absolute Gasteiger partial charge is 0.464 e. The molecular formula is C13H23N3O3S. The molecule has 2 rings (SSSR count). The van der Waals surface area contributed by atoms with E-state index < -0.39 is 10.0 Å². The van der Waals surface area contributed by atoms with Gasteiger partial charge in [-0.1, -0.05) is 0 Å². The predicted octanol–water partition coefficient (Wildman–Crippen LogP) is 0.760. The number of sulfonamides is 1. The van der Waals surface area contributed by atoms with Crippen LogP contribution in [0.15, 0.2) is 15.4 Å². The molecule has 2 unspecified atom stereocenters. The maximum absolute atomic E-state index is 12.7. The molecule has 1 aromatic heterocycles. The molecule has 0 radical (unpaired) electrons. The summed E-state index contributed by atoms with van der Waals surface area (Å²) in [6, 6.07) is 1.92. The molecule has 0 bridgehead atoms. The Hall–Kier alpha value is -0.890. The standard InChI is InChI=1S/C13H23N3O3S/c1-9-7-16(8-10(2)15(9)4)20(17,18)13-5-12(6-14)19-11(13)3/h5,9-10H,6-8,14H2,1-4H3. The minimum Gasteiger partial charge on any atom is -0.464 e. The number of rotatable bonds is 3. The van der Waals surface area contributed by atoms with Crippen LogP contribution in [0.2, 0.25) is 0 Å². The second-order valence-electron chi connectivity index (χ2n) is 5.52. The molecule has 1 saturated heterocycles. The van der Waals surface area contributed by atoms with Crippen LogP contribution >= 0.6 is 0 Å². The van der Waals surface area contributed by atoms with E-state index in [2.05, 4.69) is 4.90 Å². The van der Waals surface area contributed by atoms with Crippen molar-refractivity contribution in [3.05, 3.63) is 17.6 Å². The molecule has 0 spiro atoms. The molecule has 2 atom stereocenters. The SMILES string of the molecule is Cc1oc(CN)cc1S(=O)(=O)N1CC(C)N(C)C(C)C1. The van der Waals surface area contributed by atoms with Crippen molar-refractivity contribution in [1.82, 2.24) is 9.21 Å². The molecule has 0 aliphatic carbocycles. The Kier molecular flexibility index (Phi) is 4.24. The van der Waals surface area contributed by atoms with Crippen molar-refractivity contribution >= 4 is 10.0 Å². The Morgan fingerprint density at radius 2 is 1.90 bits per heavy atom. The highest BCUT2D eigenvalue weighted by atomic mass is 32.2. The molecule has 0 saturated carbocycles. The van der Waals surface area contributed by atoms with Gasteiger partial charge in [-0.15, -0.1) is 0 Å². The molecule has 0 amide bonds. The Bertz CT molecular complexity index is 570. The smallest absolute Gasteiger partial charge is 0.246 e. The van der Waals surface area contributed by atoms with E-state index in [1.165, 1.54) is 0 Å². The third-order valence-electron chi connectivity index (χ3n) is 4.07. The zero-order valence-corrected chi connectivity index (χ0v) is 13.3. The minimum atomic E-state index is -3.51. The Labute approximate surface area is 120 Å². The summed E-state index contributed by atoms with van der Waals surface area (Å²) < 4.78 is 32.4. The summed E-state index contributed by atoms with van der Waals surface area (Å²) in [5.41, 5.74) is 5.51. The van der Waals surface area contributed by atoms with Gasteiger partial charge in [0, 0.05) is 31.2 Å². The van der Waals surface area contributed by atoms with Gasteiger partial charge in [0.25, 0.3) is 0 Å². The molecule has 7 heteroatoms. The highest BCUT2D eigenvalue weighted by molar-refractivity contribution is 7.89. The van der Waals surface area contributed by atoms with Gasteiger partial charge in [-0.3, -0.25) is 4.90 Å². The van der Waals surface area contributed by atoms with E-state index in [0.29, 0.717) is 24.6 Å². The monoisotopic (exact) mass is 301 g/mol. The topological polar surface area (TPSA) is 79.8 Å². The minimum absolute atomic E-state index is 0.190. The van der Waals surface area contributed by atoms with E-state index in [1.54, 1.807) is 17.3 Å². The number of nitrogens with zero attached hydrogens (tertiary/aromatic N) is 2. The maximum atomic E-state index is 12.7. The van der Waals surface area contributed by atoms with Crippen LogP contribution in [0.5, 0.6) is 0 Å². The third kappa shape index (κ3) is 2.63. The van der Waals surface area contributed by atoms with Gasteiger partial charge in [0.2, 0.25) is 10.0 Å². The van der Waals surface area contributed by atoms with Gasteiger partial charge >= 0.3 is 0 Å². The lowest BCUT2D eigenvalue weighted by molar-refractivity contribution is 0.105. The predicted molar refractivity (Wildman–Crippen MR) is 76.8 cm³/mol. The van der Waals surface area contributed by atoms with Gasteiger partial charge in [0.1, 0.15) is 16.4 Å². The first kappa shape index (κ1) is 15.5. The van der Waals surface area contributed by atoms with E-state index in [0.717, 1.165) is 0 Å². The van der Waals surface area contributed by atoms with Gasteiger partial charge in [-0.2, -0.15) is 4.31 Å². The molecule has 20 heavy (non-hydrogen) atoms. The number of hydrogen-bond acceptors (Lipinski definition) is 5. The van der Waals surface area contributed by atoms with Crippen molar-refractivity contribution in [2.75, 3.05) is 20.1 Å². The average molecular weight is 301 g/mol. The summed E-state index contributed by atoms with van der Waals surface area (Å²) in [6.45, 7) is 6.91. The van der Waals surface area contributed by atoms with Crippen LogP contribution in [0.4, 0.5) is 0 Å². The fourth-order valence-electron chi connectivity index (χ4n) is 2.57. The van der Waals surface area contributed by atoms with Gasteiger partial charge in [-0.25, -0.2) is 8.42 Å². The Morgan fingerprint density at radius 3 is 2.35 bits per heavy atom. The molecular weight excluding hydrogens is 278 g/mol. The average Bonchev–Trinajstić information content (AvgIpc) is 2.77. The molecule has 2 heterocycles. The highest BCUT2D eigenvalue weighted by Crippen LogP contribution is 2.26. The fraction of sp³-hybridized carbons (Fsp3) is 0.692. The van der Waals surface area contributed by atoms with E-state index in [9.17, 15) is 8.42 Å². The normalized spacial score (nSPS) is 26.1. The summed E-state index contributed by atoms with van der Waals surface area (Å²) in [7, 11) is -1.49. The van der Waals surface area contributed by atoms with E-state index in [1.807, 2.05) is 20.9 Å². The first-order valence-electron chi connectivity index (χ1n) is 6.78. The van der Waals surface area contributed by atoms with E-state index in [-0.39, 0.29) is 23.5 Å². The zero-order valence-electron chi connectivity index (χ0n) is 12.5. The Morgan fingerprint density at radius 1 is 1.35 bits per heavy atom. The number of nitrogens with two attached hydrogens (primary N) is 1. The number of furan rings is 1. The van der Waals surface area contributed by atoms with Gasteiger partial charge < -0.3 is 10.2 Å². The van der Waals surface area contributed by atoms with Crippen LogP contribution in [0.25, 0.3) is 0 Å². The lowest BCUT2D eigenvalue weighted by atomic mass is 10.1. The third-order valence-corrected chi connectivity index (χ3v) is 6.01. The van der Waals surface area contributed by atoms with Crippen LogP contribution in [0.1, 0.15) is 25.4 Å². The summed E-state index contributed by atoms with van der Waals surface area (Å²) in [6.07, 6.45) is 0. The lowest BCUT2D eigenvalue weighted by Crippen LogP contribution is -2.56. The molecule has 0 aromatic carbocycles. The summed E-state index contributed by atoms with van der Waals surface area (Å²) in [5.74, 6) is 0.904. The van der Waals surface area contributed by atoms with Crippen molar-refractivity contribution < 1.29 is 12.8 Å². The summed E-state index contributed by atoms with van der Waals surface area (Å²) in [5, 5.41) is 0. The maximum Gasteiger partial charge on any atom is 0.246 e. The molecule has 1 aliphatic heterocycles. The molecule has 6 nitrogen and oxygen atoms in total. The van der Waals surface area contributed by atoms with E-state index in [4.69, 9.17) is 10.2 Å². The van der Waals surface area contributed by atoms with Crippen LogP contribution in [0, 0.1) is 6.92 Å². The second kappa shape index (κ2) is 5.48. The molecule has 114 valence electrons. The quantitative estimate of drug-likeness (QED) is 0.891. The van der Waals surface area contributed by atoms with Crippen LogP contribution < -0.4 is 5.73 Å². The first-order valence-corrected chi connectivity index (χ1v) is 8.22. The van der Waals surface area contributed by atoms with Crippen LogP contribution in [-0.4, -0.2) is 49.8 Å². The fourth-order valence-corrected chi connectivity index (χ4v) is 4.36.